The summed E-state index contributed by atoms with van der Waals surface area (Å²) in [6, 6.07) is 5.33. The molecule has 1 aromatic carbocycles. The topological polar surface area (TPSA) is 81.4 Å². The van der Waals surface area contributed by atoms with Crippen LogP contribution in [0.3, 0.4) is 0 Å². The summed E-state index contributed by atoms with van der Waals surface area (Å²) in [6.45, 7) is 0. The van der Waals surface area contributed by atoms with Crippen molar-refractivity contribution in [2.75, 3.05) is 24.4 Å². The molecule has 0 saturated heterocycles. The van der Waals surface area contributed by atoms with Crippen molar-refractivity contribution in [2.24, 2.45) is 0 Å². The standard InChI is InChI=1S/C13H20N2O3S/c1-18-10-7-6-9(8-10)15-11-4-3-5-12(13(11)14)19(2,16)17/h3-5,9-10,15H,6-8,14H2,1-2H3. The van der Waals surface area contributed by atoms with Crippen LogP contribution < -0.4 is 11.1 Å². The van der Waals surface area contributed by atoms with Gasteiger partial charge >= 0.3 is 0 Å². The fourth-order valence-electron chi connectivity index (χ4n) is 2.50. The van der Waals surface area contributed by atoms with Crippen LogP contribution in [0.5, 0.6) is 0 Å². The number of para-hydroxylation sites is 1. The fraction of sp³-hybridized carbons (Fsp3) is 0.538. The quantitative estimate of drug-likeness (QED) is 0.822. The summed E-state index contributed by atoms with van der Waals surface area (Å²) in [6.07, 6.45) is 4.37. The Labute approximate surface area is 114 Å². The van der Waals surface area contributed by atoms with E-state index in [4.69, 9.17) is 10.5 Å². The van der Waals surface area contributed by atoms with Gasteiger partial charge in [-0.3, -0.25) is 0 Å². The van der Waals surface area contributed by atoms with Crippen molar-refractivity contribution >= 4 is 21.2 Å². The molecule has 0 aromatic heterocycles. The van der Waals surface area contributed by atoms with Gasteiger partial charge in [0, 0.05) is 19.4 Å². The number of nitrogens with two attached hydrogens (primary N) is 1. The summed E-state index contributed by atoms with van der Waals surface area (Å²) >= 11 is 0. The van der Waals surface area contributed by atoms with E-state index in [-0.39, 0.29) is 17.0 Å². The van der Waals surface area contributed by atoms with Crippen molar-refractivity contribution in [3.05, 3.63) is 18.2 Å². The van der Waals surface area contributed by atoms with E-state index in [0.29, 0.717) is 11.4 Å². The molecule has 2 rings (SSSR count). The Morgan fingerprint density at radius 3 is 2.68 bits per heavy atom. The molecule has 2 unspecified atom stereocenters. The summed E-state index contributed by atoms with van der Waals surface area (Å²) < 4.78 is 28.5. The maximum absolute atomic E-state index is 11.6. The molecule has 1 fully saturated rings. The summed E-state index contributed by atoms with van der Waals surface area (Å²) in [5, 5.41) is 3.32. The van der Waals surface area contributed by atoms with Crippen LogP contribution >= 0.6 is 0 Å². The first-order valence-corrected chi connectivity index (χ1v) is 8.19. The molecule has 1 aliphatic carbocycles. The number of benzene rings is 1. The van der Waals surface area contributed by atoms with Gasteiger partial charge < -0.3 is 15.8 Å². The van der Waals surface area contributed by atoms with E-state index in [2.05, 4.69) is 5.32 Å². The second-order valence-corrected chi connectivity index (χ2v) is 6.99. The van der Waals surface area contributed by atoms with Crippen molar-refractivity contribution in [1.29, 1.82) is 0 Å². The lowest BCUT2D eigenvalue weighted by atomic mass is 10.2. The number of hydrogen-bond acceptors (Lipinski definition) is 5. The van der Waals surface area contributed by atoms with Crippen LogP contribution in [0, 0.1) is 0 Å². The predicted molar refractivity (Wildman–Crippen MR) is 76.0 cm³/mol. The Morgan fingerprint density at radius 1 is 1.37 bits per heavy atom. The van der Waals surface area contributed by atoms with E-state index in [0.717, 1.165) is 19.3 Å². The Kier molecular flexibility index (Phi) is 4.01. The number of rotatable bonds is 4. The zero-order chi connectivity index (χ0) is 14.0. The third-order valence-electron chi connectivity index (χ3n) is 3.54. The average Bonchev–Trinajstić information content (AvgIpc) is 2.78. The number of anilines is 2. The molecule has 0 amide bonds. The molecule has 6 heteroatoms. The lowest BCUT2D eigenvalue weighted by Gasteiger charge is -2.17. The molecule has 1 aromatic rings. The molecule has 2 atom stereocenters. The number of hydrogen-bond donors (Lipinski definition) is 2. The van der Waals surface area contributed by atoms with Gasteiger partial charge in [-0.1, -0.05) is 6.07 Å². The number of nitrogens with one attached hydrogen (secondary N) is 1. The molecular formula is C13H20N2O3S. The van der Waals surface area contributed by atoms with Gasteiger partial charge in [-0.2, -0.15) is 0 Å². The monoisotopic (exact) mass is 284 g/mol. The first-order chi connectivity index (χ1) is 8.91. The Bertz CT molecular complexity index is 557. The molecule has 0 aliphatic heterocycles. The third-order valence-corrected chi connectivity index (χ3v) is 4.70. The number of ether oxygens (including phenoxy) is 1. The third kappa shape index (κ3) is 3.19. The van der Waals surface area contributed by atoms with E-state index in [9.17, 15) is 8.42 Å². The minimum atomic E-state index is -3.29. The van der Waals surface area contributed by atoms with Crippen LogP contribution in [0.15, 0.2) is 23.1 Å². The summed E-state index contributed by atoms with van der Waals surface area (Å²) in [4.78, 5) is 0.179. The van der Waals surface area contributed by atoms with E-state index in [1.165, 1.54) is 12.3 Å². The fourth-order valence-corrected chi connectivity index (χ4v) is 3.33. The van der Waals surface area contributed by atoms with Crippen LogP contribution in [-0.4, -0.2) is 33.9 Å². The van der Waals surface area contributed by atoms with Gasteiger partial charge in [0.1, 0.15) is 0 Å². The SMILES string of the molecule is COC1CCC(Nc2cccc(S(C)(=O)=O)c2N)C1. The maximum atomic E-state index is 11.6. The van der Waals surface area contributed by atoms with Gasteiger partial charge in [0.2, 0.25) is 0 Å². The lowest BCUT2D eigenvalue weighted by molar-refractivity contribution is 0.108. The lowest BCUT2D eigenvalue weighted by Crippen LogP contribution is -2.18. The molecule has 0 spiro atoms. The number of sulfone groups is 1. The first-order valence-electron chi connectivity index (χ1n) is 6.29. The van der Waals surface area contributed by atoms with Crippen LogP contribution in [0.4, 0.5) is 11.4 Å². The van der Waals surface area contributed by atoms with E-state index >= 15 is 0 Å². The largest absolute Gasteiger partial charge is 0.396 e. The first kappa shape index (κ1) is 14.1. The Balaban J connectivity index is 2.18. The maximum Gasteiger partial charge on any atom is 0.177 e. The highest BCUT2D eigenvalue weighted by molar-refractivity contribution is 7.90. The minimum absolute atomic E-state index is 0.179. The van der Waals surface area contributed by atoms with E-state index in [1.54, 1.807) is 13.2 Å². The molecule has 0 radical (unpaired) electrons. The average molecular weight is 284 g/mol. The second kappa shape index (κ2) is 5.38. The zero-order valence-electron chi connectivity index (χ0n) is 11.2. The number of nitrogen functional groups attached to an aromatic ring is 1. The van der Waals surface area contributed by atoms with Crippen LogP contribution in [0.1, 0.15) is 19.3 Å². The molecular weight excluding hydrogens is 264 g/mol. The van der Waals surface area contributed by atoms with Gasteiger partial charge in [-0.25, -0.2) is 8.42 Å². The van der Waals surface area contributed by atoms with Crippen molar-refractivity contribution in [3.63, 3.8) is 0 Å². The van der Waals surface area contributed by atoms with Gasteiger partial charge in [-0.05, 0) is 31.4 Å². The van der Waals surface area contributed by atoms with Gasteiger partial charge in [0.05, 0.1) is 22.4 Å². The Morgan fingerprint density at radius 2 is 2.11 bits per heavy atom. The van der Waals surface area contributed by atoms with Crippen LogP contribution in [0.25, 0.3) is 0 Å². The van der Waals surface area contributed by atoms with Gasteiger partial charge in [0.15, 0.2) is 9.84 Å². The van der Waals surface area contributed by atoms with Crippen molar-refractivity contribution in [2.45, 2.75) is 36.3 Å². The highest BCUT2D eigenvalue weighted by Crippen LogP contribution is 2.30. The van der Waals surface area contributed by atoms with Crippen molar-refractivity contribution < 1.29 is 13.2 Å². The molecule has 3 N–H and O–H groups in total. The van der Waals surface area contributed by atoms with E-state index in [1.807, 2.05) is 6.07 Å². The molecule has 0 bridgehead atoms. The minimum Gasteiger partial charge on any atom is -0.396 e. The van der Waals surface area contributed by atoms with Crippen molar-refractivity contribution in [1.82, 2.24) is 0 Å². The molecule has 5 nitrogen and oxygen atoms in total. The van der Waals surface area contributed by atoms with Gasteiger partial charge in [0.25, 0.3) is 0 Å². The molecule has 0 heterocycles. The van der Waals surface area contributed by atoms with Crippen LogP contribution in [-0.2, 0) is 14.6 Å². The molecule has 106 valence electrons. The normalized spacial score (nSPS) is 23.5. The summed E-state index contributed by atoms with van der Waals surface area (Å²) in [5.74, 6) is 0. The van der Waals surface area contributed by atoms with Crippen molar-refractivity contribution in [3.8, 4) is 0 Å². The molecule has 19 heavy (non-hydrogen) atoms. The summed E-state index contributed by atoms with van der Waals surface area (Å²) in [7, 11) is -1.58. The molecule has 1 aliphatic rings. The highest BCUT2D eigenvalue weighted by Gasteiger charge is 2.25. The Hall–Kier alpha value is -1.27. The number of methoxy groups -OCH3 is 1. The predicted octanol–water partition coefficient (Wildman–Crippen LogP) is 1.65. The van der Waals surface area contributed by atoms with Gasteiger partial charge in [-0.15, -0.1) is 0 Å². The smallest absolute Gasteiger partial charge is 0.177 e. The molecule has 1 saturated carbocycles. The highest BCUT2D eigenvalue weighted by atomic mass is 32.2. The van der Waals surface area contributed by atoms with Crippen LogP contribution in [0.2, 0.25) is 0 Å². The second-order valence-electron chi connectivity index (χ2n) is 5.00. The summed E-state index contributed by atoms with van der Waals surface area (Å²) in [5.41, 5.74) is 6.92. The van der Waals surface area contributed by atoms with E-state index < -0.39 is 9.84 Å². The zero-order valence-corrected chi connectivity index (χ0v) is 12.0.